The van der Waals surface area contributed by atoms with Crippen LogP contribution in [0.25, 0.3) is 0 Å². The van der Waals surface area contributed by atoms with Crippen molar-refractivity contribution in [3.05, 3.63) is 18.2 Å². The van der Waals surface area contributed by atoms with Crippen molar-refractivity contribution in [1.29, 1.82) is 5.26 Å². The lowest BCUT2D eigenvalue weighted by Gasteiger charge is -2.18. The van der Waals surface area contributed by atoms with Crippen LogP contribution in [0.1, 0.15) is 20.8 Å². The molecule has 6 nitrogen and oxygen atoms in total. The van der Waals surface area contributed by atoms with Crippen LogP contribution in [0, 0.1) is 17.2 Å². The van der Waals surface area contributed by atoms with Gasteiger partial charge in [0.2, 0.25) is 5.91 Å². The molecule has 1 amide bonds. The number of carbonyl (C=O) groups is 1. The summed E-state index contributed by atoms with van der Waals surface area (Å²) in [6.45, 7) is 7.48. The van der Waals surface area contributed by atoms with Gasteiger partial charge in [-0.2, -0.15) is 5.26 Å². The van der Waals surface area contributed by atoms with Crippen molar-refractivity contribution in [2.45, 2.75) is 20.8 Å². The van der Waals surface area contributed by atoms with Gasteiger partial charge in [-0.1, -0.05) is 0 Å². The minimum Gasteiger partial charge on any atom is -0.490 e. The van der Waals surface area contributed by atoms with Crippen molar-refractivity contribution in [2.24, 2.45) is 5.92 Å². The van der Waals surface area contributed by atoms with E-state index in [2.05, 4.69) is 11.4 Å². The second kappa shape index (κ2) is 9.70. The maximum Gasteiger partial charge on any atom is 0.238 e. The first-order valence-electron chi connectivity index (χ1n) is 7.77. The standard InChI is InChI=1S/C17H25N3O3/c1-5-22-15-8-7-14(9-16(15)23-6-2)19-17(21)12-20(4)11-13(3)10-18/h7-9,13H,5-6,11-12H2,1-4H3,(H,19,21)/t13-/m0/s1. The van der Waals surface area contributed by atoms with Gasteiger partial charge in [-0.15, -0.1) is 0 Å². The predicted octanol–water partition coefficient (Wildman–Crippen LogP) is 2.51. The molecule has 0 saturated heterocycles. The number of rotatable bonds is 9. The van der Waals surface area contributed by atoms with E-state index in [1.54, 1.807) is 18.2 Å². The van der Waals surface area contributed by atoms with Crippen molar-refractivity contribution < 1.29 is 14.3 Å². The molecule has 0 heterocycles. The lowest BCUT2D eigenvalue weighted by Crippen LogP contribution is -2.32. The molecular weight excluding hydrogens is 294 g/mol. The van der Waals surface area contributed by atoms with Crippen molar-refractivity contribution in [2.75, 3.05) is 38.7 Å². The maximum absolute atomic E-state index is 12.1. The first kappa shape index (κ1) is 18.8. The number of hydrogen-bond donors (Lipinski definition) is 1. The molecule has 23 heavy (non-hydrogen) atoms. The molecule has 0 aliphatic carbocycles. The van der Waals surface area contributed by atoms with Crippen LogP contribution in [-0.4, -0.2) is 44.2 Å². The summed E-state index contributed by atoms with van der Waals surface area (Å²) >= 11 is 0. The van der Waals surface area contributed by atoms with E-state index in [1.807, 2.05) is 32.7 Å². The molecule has 126 valence electrons. The largest absolute Gasteiger partial charge is 0.490 e. The lowest BCUT2D eigenvalue weighted by molar-refractivity contribution is -0.117. The molecule has 0 aromatic heterocycles. The van der Waals surface area contributed by atoms with Gasteiger partial charge in [0.1, 0.15) is 0 Å². The third-order valence-electron chi connectivity index (χ3n) is 3.05. The molecule has 0 bridgehead atoms. The van der Waals surface area contributed by atoms with Gasteiger partial charge < -0.3 is 14.8 Å². The van der Waals surface area contributed by atoms with Crippen LogP contribution < -0.4 is 14.8 Å². The number of nitriles is 1. The molecule has 0 aliphatic heterocycles. The summed E-state index contributed by atoms with van der Waals surface area (Å²) < 4.78 is 11.0. The Morgan fingerprint density at radius 2 is 1.96 bits per heavy atom. The third kappa shape index (κ3) is 6.57. The highest BCUT2D eigenvalue weighted by Gasteiger charge is 2.12. The maximum atomic E-state index is 12.1. The van der Waals surface area contributed by atoms with Gasteiger partial charge >= 0.3 is 0 Å². The Morgan fingerprint density at radius 3 is 2.57 bits per heavy atom. The molecule has 0 aliphatic rings. The summed E-state index contributed by atoms with van der Waals surface area (Å²) in [4.78, 5) is 13.9. The summed E-state index contributed by atoms with van der Waals surface area (Å²) in [5.74, 6) is 1.03. The molecule has 0 unspecified atom stereocenters. The number of ether oxygens (including phenoxy) is 2. The molecule has 1 N–H and O–H groups in total. The quantitative estimate of drug-likeness (QED) is 0.757. The fraction of sp³-hybridized carbons (Fsp3) is 0.529. The Balaban J connectivity index is 2.67. The van der Waals surface area contributed by atoms with Gasteiger partial charge in [0.05, 0.1) is 31.7 Å². The first-order chi connectivity index (χ1) is 11.0. The number of anilines is 1. The molecule has 0 fully saturated rings. The number of nitrogens with one attached hydrogen (secondary N) is 1. The Morgan fingerprint density at radius 1 is 1.30 bits per heavy atom. The van der Waals surface area contributed by atoms with Crippen molar-refractivity contribution in [3.63, 3.8) is 0 Å². The SMILES string of the molecule is CCOc1ccc(NC(=O)CN(C)C[C@@H](C)C#N)cc1OCC. The zero-order valence-electron chi connectivity index (χ0n) is 14.3. The summed E-state index contributed by atoms with van der Waals surface area (Å²) in [6, 6.07) is 7.47. The van der Waals surface area contributed by atoms with Crippen molar-refractivity contribution in [3.8, 4) is 17.6 Å². The van der Waals surface area contributed by atoms with Crippen LogP contribution in [0.3, 0.4) is 0 Å². The zero-order valence-corrected chi connectivity index (χ0v) is 14.3. The molecule has 0 saturated carbocycles. The minimum atomic E-state index is -0.135. The summed E-state index contributed by atoms with van der Waals surface area (Å²) in [7, 11) is 1.82. The molecule has 6 heteroatoms. The molecule has 1 atom stereocenters. The first-order valence-corrected chi connectivity index (χ1v) is 7.77. The number of amides is 1. The minimum absolute atomic E-state index is 0.108. The average Bonchev–Trinajstić information content (AvgIpc) is 2.49. The molecule has 1 aromatic carbocycles. The molecule has 0 radical (unpaired) electrons. The summed E-state index contributed by atoms with van der Waals surface area (Å²) in [6.07, 6.45) is 0. The van der Waals surface area contributed by atoms with Crippen LogP contribution in [0.15, 0.2) is 18.2 Å². The van der Waals surface area contributed by atoms with Crippen molar-refractivity contribution >= 4 is 11.6 Å². The number of carbonyl (C=O) groups excluding carboxylic acids is 1. The second-order valence-electron chi connectivity index (χ2n) is 5.30. The van der Waals surface area contributed by atoms with E-state index < -0.39 is 0 Å². The van der Waals surface area contributed by atoms with Crippen LogP contribution in [0.5, 0.6) is 11.5 Å². The topological polar surface area (TPSA) is 74.6 Å². The Bertz CT molecular complexity index is 555. The third-order valence-corrected chi connectivity index (χ3v) is 3.05. The Hall–Kier alpha value is -2.26. The van der Waals surface area contributed by atoms with Gasteiger partial charge in [0.25, 0.3) is 0 Å². The normalized spacial score (nSPS) is 11.7. The number of benzene rings is 1. The Labute approximate surface area is 138 Å². The van der Waals surface area contributed by atoms with Crippen LogP contribution in [0.4, 0.5) is 5.69 Å². The lowest BCUT2D eigenvalue weighted by atomic mass is 10.2. The molecule has 1 rings (SSSR count). The van der Waals surface area contributed by atoms with E-state index in [-0.39, 0.29) is 18.4 Å². The number of likely N-dealkylation sites (N-methyl/N-ethyl adjacent to an activating group) is 1. The van der Waals surface area contributed by atoms with Crippen LogP contribution in [0.2, 0.25) is 0 Å². The van der Waals surface area contributed by atoms with Gasteiger partial charge in [-0.05, 0) is 40.0 Å². The Kier molecular flexibility index (Phi) is 7.92. The zero-order chi connectivity index (χ0) is 17.2. The van der Waals surface area contributed by atoms with Gasteiger partial charge in [-0.3, -0.25) is 9.69 Å². The van der Waals surface area contributed by atoms with Crippen LogP contribution >= 0.6 is 0 Å². The second-order valence-corrected chi connectivity index (χ2v) is 5.30. The molecule has 0 spiro atoms. The van der Waals surface area contributed by atoms with Gasteiger partial charge in [0.15, 0.2) is 11.5 Å². The van der Waals surface area contributed by atoms with E-state index in [4.69, 9.17) is 14.7 Å². The van der Waals surface area contributed by atoms with Crippen molar-refractivity contribution in [1.82, 2.24) is 4.90 Å². The molecular formula is C17H25N3O3. The predicted molar refractivity (Wildman–Crippen MR) is 89.7 cm³/mol. The van der Waals surface area contributed by atoms with Gasteiger partial charge in [-0.25, -0.2) is 0 Å². The highest BCUT2D eigenvalue weighted by atomic mass is 16.5. The summed E-state index contributed by atoms with van der Waals surface area (Å²) in [5.41, 5.74) is 0.656. The highest BCUT2D eigenvalue weighted by molar-refractivity contribution is 5.92. The summed E-state index contributed by atoms with van der Waals surface area (Å²) in [5, 5.41) is 11.6. The monoisotopic (exact) mass is 319 g/mol. The fourth-order valence-corrected chi connectivity index (χ4v) is 2.15. The van der Waals surface area contributed by atoms with E-state index in [1.165, 1.54) is 0 Å². The smallest absolute Gasteiger partial charge is 0.238 e. The van der Waals surface area contributed by atoms with E-state index in [0.29, 0.717) is 36.9 Å². The highest BCUT2D eigenvalue weighted by Crippen LogP contribution is 2.30. The van der Waals surface area contributed by atoms with E-state index in [9.17, 15) is 4.79 Å². The van der Waals surface area contributed by atoms with E-state index >= 15 is 0 Å². The number of nitrogens with zero attached hydrogens (tertiary/aromatic N) is 2. The molecule has 1 aromatic rings. The number of hydrogen-bond acceptors (Lipinski definition) is 5. The van der Waals surface area contributed by atoms with Crippen LogP contribution in [-0.2, 0) is 4.79 Å². The fourth-order valence-electron chi connectivity index (χ4n) is 2.15. The average molecular weight is 319 g/mol. The van der Waals surface area contributed by atoms with Gasteiger partial charge in [0, 0.05) is 18.3 Å². The van der Waals surface area contributed by atoms with E-state index in [0.717, 1.165) is 0 Å².